The van der Waals surface area contributed by atoms with Crippen LogP contribution in [-0.4, -0.2) is 88.8 Å². The topological polar surface area (TPSA) is 146 Å². The number of amides is 3. The lowest BCUT2D eigenvalue weighted by Crippen LogP contribution is -2.64. The predicted molar refractivity (Wildman–Crippen MR) is 97.7 cm³/mol. The average Bonchev–Trinajstić information content (AvgIpc) is 2.97. The van der Waals surface area contributed by atoms with Gasteiger partial charge >= 0.3 is 0 Å². The van der Waals surface area contributed by atoms with Gasteiger partial charge < -0.3 is 30.1 Å². The molecule has 0 aliphatic carbocycles. The number of hydrogen-bond acceptors (Lipinski definition) is 8. The number of imide groups is 1. The van der Waals surface area contributed by atoms with Gasteiger partial charge in [0.2, 0.25) is 5.91 Å². The van der Waals surface area contributed by atoms with Crippen LogP contribution in [-0.2, 0) is 14.3 Å². The van der Waals surface area contributed by atoms with Crippen molar-refractivity contribution in [1.29, 1.82) is 0 Å². The fourth-order valence-corrected chi connectivity index (χ4v) is 3.54. The maximum absolute atomic E-state index is 12.3. The highest BCUT2D eigenvalue weighted by molar-refractivity contribution is 6.21. The summed E-state index contributed by atoms with van der Waals surface area (Å²) < 4.78 is 10.4. The highest BCUT2D eigenvalue weighted by atomic mass is 16.7. The van der Waals surface area contributed by atoms with Gasteiger partial charge in [-0.05, 0) is 18.6 Å². The van der Waals surface area contributed by atoms with Crippen LogP contribution < -0.4 is 5.32 Å². The zero-order chi connectivity index (χ0) is 21.1. The second-order valence-corrected chi connectivity index (χ2v) is 6.95. The molecule has 0 aromatic heterocycles. The van der Waals surface area contributed by atoms with Crippen LogP contribution in [0.4, 0.5) is 0 Å². The number of hydrogen-bond donors (Lipinski definition) is 4. The third kappa shape index (κ3) is 4.16. The largest absolute Gasteiger partial charge is 0.394 e. The molecule has 0 saturated carbocycles. The van der Waals surface area contributed by atoms with Gasteiger partial charge in [0.25, 0.3) is 11.8 Å². The molecule has 0 bridgehead atoms. The second kappa shape index (κ2) is 8.97. The SMILES string of the molecule is CO[C@@H]1O[C@@H](CO)[C@H](O)[C@@H](O)[C@@H]1NC(=O)CCCN1C(=O)c2ccccc2C1=O. The Morgan fingerprint density at radius 1 is 1.17 bits per heavy atom. The molecule has 1 aromatic rings. The number of nitrogens with one attached hydrogen (secondary N) is 1. The van der Waals surface area contributed by atoms with Gasteiger partial charge in [-0.15, -0.1) is 0 Å². The first kappa shape index (κ1) is 21.3. The number of aliphatic hydroxyl groups excluding tert-OH is 3. The molecule has 2 aliphatic heterocycles. The molecular weight excluding hydrogens is 384 g/mol. The Morgan fingerprint density at radius 3 is 2.34 bits per heavy atom. The van der Waals surface area contributed by atoms with Crippen LogP contribution in [0, 0.1) is 0 Å². The summed E-state index contributed by atoms with van der Waals surface area (Å²) in [7, 11) is 1.31. The van der Waals surface area contributed by atoms with Crippen molar-refractivity contribution in [2.75, 3.05) is 20.3 Å². The van der Waals surface area contributed by atoms with Gasteiger partial charge in [0.15, 0.2) is 6.29 Å². The molecule has 2 heterocycles. The van der Waals surface area contributed by atoms with Crippen molar-refractivity contribution in [2.45, 2.75) is 43.5 Å². The summed E-state index contributed by atoms with van der Waals surface area (Å²) in [4.78, 5) is 38.0. The van der Waals surface area contributed by atoms with E-state index in [4.69, 9.17) is 9.47 Å². The van der Waals surface area contributed by atoms with E-state index in [0.717, 1.165) is 4.90 Å². The van der Waals surface area contributed by atoms with Crippen molar-refractivity contribution in [3.05, 3.63) is 35.4 Å². The average molecular weight is 408 g/mol. The minimum atomic E-state index is -1.40. The van der Waals surface area contributed by atoms with E-state index in [1.54, 1.807) is 24.3 Å². The van der Waals surface area contributed by atoms with E-state index >= 15 is 0 Å². The van der Waals surface area contributed by atoms with Crippen molar-refractivity contribution < 1.29 is 39.2 Å². The lowest BCUT2D eigenvalue weighted by Gasteiger charge is -2.41. The highest BCUT2D eigenvalue weighted by Crippen LogP contribution is 2.23. The van der Waals surface area contributed by atoms with E-state index in [1.165, 1.54) is 7.11 Å². The van der Waals surface area contributed by atoms with E-state index in [0.29, 0.717) is 11.1 Å². The van der Waals surface area contributed by atoms with Crippen molar-refractivity contribution >= 4 is 17.7 Å². The van der Waals surface area contributed by atoms with E-state index in [2.05, 4.69) is 5.32 Å². The lowest BCUT2D eigenvalue weighted by atomic mass is 9.97. The summed E-state index contributed by atoms with van der Waals surface area (Å²) in [6.07, 6.45) is -4.67. The Morgan fingerprint density at radius 2 is 1.79 bits per heavy atom. The number of fused-ring (bicyclic) bond motifs is 1. The minimum absolute atomic E-state index is 0.0212. The molecule has 0 radical (unpaired) electrons. The molecule has 29 heavy (non-hydrogen) atoms. The van der Waals surface area contributed by atoms with Crippen molar-refractivity contribution in [3.63, 3.8) is 0 Å². The van der Waals surface area contributed by atoms with Gasteiger partial charge in [0, 0.05) is 20.1 Å². The molecule has 3 amide bonds. The number of aliphatic hydroxyl groups is 3. The predicted octanol–water partition coefficient (Wildman–Crippen LogP) is -1.37. The van der Waals surface area contributed by atoms with Crippen LogP contribution in [0.1, 0.15) is 33.6 Å². The summed E-state index contributed by atoms with van der Waals surface area (Å²) in [5.74, 6) is -1.24. The van der Waals surface area contributed by atoms with Crippen LogP contribution in [0.15, 0.2) is 24.3 Å². The fraction of sp³-hybridized carbons (Fsp3) is 0.526. The molecule has 2 aliphatic rings. The molecular formula is C19H24N2O8. The number of carbonyl (C=O) groups is 3. The normalized spacial score (nSPS) is 29.1. The molecule has 5 atom stereocenters. The maximum Gasteiger partial charge on any atom is 0.261 e. The number of benzene rings is 1. The van der Waals surface area contributed by atoms with Crippen LogP contribution in [0.5, 0.6) is 0 Å². The van der Waals surface area contributed by atoms with Gasteiger partial charge in [-0.25, -0.2) is 0 Å². The fourth-order valence-electron chi connectivity index (χ4n) is 3.54. The monoisotopic (exact) mass is 408 g/mol. The number of carbonyl (C=O) groups excluding carboxylic acids is 3. The first-order chi connectivity index (χ1) is 13.9. The quantitative estimate of drug-likeness (QED) is 0.405. The summed E-state index contributed by atoms with van der Waals surface area (Å²) in [5.41, 5.74) is 0.694. The Labute approximate surface area is 167 Å². The lowest BCUT2D eigenvalue weighted by molar-refractivity contribution is -0.262. The van der Waals surface area contributed by atoms with Crippen LogP contribution in [0.3, 0.4) is 0 Å². The molecule has 4 N–H and O–H groups in total. The first-order valence-electron chi connectivity index (χ1n) is 9.28. The number of rotatable bonds is 7. The van der Waals surface area contributed by atoms with Crippen LogP contribution in [0.2, 0.25) is 0 Å². The minimum Gasteiger partial charge on any atom is -0.394 e. The molecule has 0 spiro atoms. The van der Waals surface area contributed by atoms with E-state index in [9.17, 15) is 29.7 Å². The van der Waals surface area contributed by atoms with Crippen molar-refractivity contribution in [1.82, 2.24) is 10.2 Å². The van der Waals surface area contributed by atoms with Crippen molar-refractivity contribution in [2.24, 2.45) is 0 Å². The van der Waals surface area contributed by atoms with Gasteiger partial charge in [0.1, 0.15) is 24.4 Å². The molecule has 10 nitrogen and oxygen atoms in total. The summed E-state index contributed by atoms with van der Waals surface area (Å²) in [6.45, 7) is -0.439. The van der Waals surface area contributed by atoms with Gasteiger partial charge in [-0.1, -0.05) is 12.1 Å². The number of ether oxygens (including phenoxy) is 2. The second-order valence-electron chi connectivity index (χ2n) is 6.95. The summed E-state index contributed by atoms with van der Waals surface area (Å²) in [6, 6.07) is 5.50. The highest BCUT2D eigenvalue weighted by Gasteiger charge is 2.45. The number of nitrogens with zero attached hydrogens (tertiary/aromatic N) is 1. The zero-order valence-electron chi connectivity index (χ0n) is 15.9. The van der Waals surface area contributed by atoms with E-state index in [-0.39, 0.29) is 31.2 Å². The number of methoxy groups -OCH3 is 1. The molecule has 3 rings (SSSR count). The molecule has 1 fully saturated rings. The zero-order valence-corrected chi connectivity index (χ0v) is 15.9. The maximum atomic E-state index is 12.3. The Balaban J connectivity index is 1.53. The van der Waals surface area contributed by atoms with E-state index in [1.807, 2.05) is 0 Å². The van der Waals surface area contributed by atoms with Gasteiger partial charge in [-0.3, -0.25) is 19.3 Å². The summed E-state index contributed by atoms with van der Waals surface area (Å²) in [5, 5.41) is 31.9. The van der Waals surface area contributed by atoms with Gasteiger partial charge in [-0.2, -0.15) is 0 Å². The first-order valence-corrected chi connectivity index (χ1v) is 9.28. The van der Waals surface area contributed by atoms with Gasteiger partial charge in [0.05, 0.1) is 17.7 Å². The molecule has 1 saturated heterocycles. The third-order valence-electron chi connectivity index (χ3n) is 5.10. The molecule has 158 valence electrons. The standard InChI is InChI=1S/C19H24N2O8/c1-28-19-14(16(25)15(24)12(9-22)29-19)20-13(23)7-4-8-21-17(26)10-5-2-3-6-11(10)18(21)27/h2-3,5-6,12,14-16,19,22,24-25H,4,7-9H2,1H3,(H,20,23)/t12-,14-,15-,16-,19+/m0/s1. The molecule has 10 heteroatoms. The van der Waals surface area contributed by atoms with E-state index < -0.39 is 43.2 Å². The smallest absolute Gasteiger partial charge is 0.261 e. The van der Waals surface area contributed by atoms with Crippen LogP contribution >= 0.6 is 0 Å². The third-order valence-corrected chi connectivity index (χ3v) is 5.10. The Bertz CT molecular complexity index is 748. The molecule has 1 aromatic carbocycles. The molecule has 0 unspecified atom stereocenters. The van der Waals surface area contributed by atoms with Crippen molar-refractivity contribution in [3.8, 4) is 0 Å². The Kier molecular flexibility index (Phi) is 6.60. The summed E-state index contributed by atoms with van der Waals surface area (Å²) >= 11 is 0. The Hall–Kier alpha value is -2.37. The van der Waals surface area contributed by atoms with Crippen LogP contribution in [0.25, 0.3) is 0 Å².